The van der Waals surface area contributed by atoms with Gasteiger partial charge in [0.25, 0.3) is 0 Å². The molecule has 0 spiro atoms. The Morgan fingerprint density at radius 2 is 2.53 bits per heavy atom. The molecule has 1 aromatic heterocycles. The fourth-order valence-corrected chi connectivity index (χ4v) is 3.62. The Bertz CT molecular complexity index is 352. The molecule has 1 aliphatic rings. The van der Waals surface area contributed by atoms with E-state index in [-0.39, 0.29) is 0 Å². The van der Waals surface area contributed by atoms with Crippen LogP contribution in [0.1, 0.15) is 12.0 Å². The van der Waals surface area contributed by atoms with Gasteiger partial charge in [0.05, 0.1) is 10.4 Å². The first kappa shape index (κ1) is 13.5. The number of halogens is 1. The van der Waals surface area contributed by atoms with E-state index in [0.29, 0.717) is 18.5 Å². The molecule has 1 aromatic rings. The monoisotopic (exact) mass is 318 g/mol. The van der Waals surface area contributed by atoms with Gasteiger partial charge in [0.1, 0.15) is 0 Å². The van der Waals surface area contributed by atoms with E-state index < -0.39 is 0 Å². The van der Waals surface area contributed by atoms with E-state index in [1.54, 1.807) is 11.3 Å². The molecule has 5 heteroatoms. The van der Waals surface area contributed by atoms with Crippen molar-refractivity contribution in [2.45, 2.75) is 19.0 Å². The zero-order valence-electron chi connectivity index (χ0n) is 10.1. The van der Waals surface area contributed by atoms with Gasteiger partial charge in [0.2, 0.25) is 0 Å². The third-order valence-corrected chi connectivity index (χ3v) is 4.92. The standard InChI is InChI=1S/C12H19BrN2OS/c1-15(6-9-4-12(13)17-8-9)11(5-14)10-2-3-16-7-10/h4,8,10-11H,2-3,5-7,14H2,1H3. The van der Waals surface area contributed by atoms with Crippen LogP contribution in [0.25, 0.3) is 0 Å². The lowest BCUT2D eigenvalue weighted by atomic mass is 9.97. The molecule has 0 radical (unpaired) electrons. The smallest absolute Gasteiger partial charge is 0.0701 e. The molecule has 0 aliphatic carbocycles. The van der Waals surface area contributed by atoms with E-state index in [1.165, 1.54) is 9.35 Å². The fraction of sp³-hybridized carbons (Fsp3) is 0.667. The fourth-order valence-electron chi connectivity index (χ4n) is 2.42. The molecule has 1 fully saturated rings. The van der Waals surface area contributed by atoms with E-state index in [9.17, 15) is 0 Å². The minimum absolute atomic E-state index is 0.427. The molecule has 0 aromatic carbocycles. The average Bonchev–Trinajstić information content (AvgIpc) is 2.92. The van der Waals surface area contributed by atoms with Crippen LogP contribution in [0.15, 0.2) is 15.2 Å². The maximum absolute atomic E-state index is 5.91. The third kappa shape index (κ3) is 3.51. The summed E-state index contributed by atoms with van der Waals surface area (Å²) < 4.78 is 6.65. The van der Waals surface area contributed by atoms with Crippen LogP contribution in [0.2, 0.25) is 0 Å². The summed E-state index contributed by atoms with van der Waals surface area (Å²) in [6, 6.07) is 2.61. The molecule has 2 atom stereocenters. The van der Waals surface area contributed by atoms with Gasteiger partial charge in [0, 0.05) is 31.7 Å². The zero-order valence-corrected chi connectivity index (χ0v) is 12.5. The van der Waals surface area contributed by atoms with Crippen LogP contribution in [-0.4, -0.2) is 37.7 Å². The summed E-state index contributed by atoms with van der Waals surface area (Å²) >= 11 is 5.23. The lowest BCUT2D eigenvalue weighted by molar-refractivity contribution is 0.136. The summed E-state index contributed by atoms with van der Waals surface area (Å²) in [5.41, 5.74) is 7.26. The van der Waals surface area contributed by atoms with Crippen LogP contribution < -0.4 is 5.73 Å². The Morgan fingerprint density at radius 1 is 1.71 bits per heavy atom. The molecule has 2 unspecified atom stereocenters. The minimum atomic E-state index is 0.427. The second-order valence-electron chi connectivity index (χ2n) is 4.60. The molecular weight excluding hydrogens is 300 g/mol. The SMILES string of the molecule is CN(Cc1csc(Br)c1)C(CN)C1CCOC1. The van der Waals surface area contributed by atoms with E-state index in [1.807, 2.05) is 0 Å². The van der Waals surface area contributed by atoms with Gasteiger partial charge in [-0.1, -0.05) is 0 Å². The molecule has 1 saturated heterocycles. The Balaban J connectivity index is 1.94. The highest BCUT2D eigenvalue weighted by molar-refractivity contribution is 9.11. The summed E-state index contributed by atoms with van der Waals surface area (Å²) in [5.74, 6) is 0.590. The predicted octanol–water partition coefficient (Wildman–Crippen LogP) is 2.31. The van der Waals surface area contributed by atoms with Gasteiger partial charge in [-0.3, -0.25) is 4.90 Å². The van der Waals surface area contributed by atoms with Crippen molar-refractivity contribution in [3.05, 3.63) is 20.8 Å². The number of nitrogens with two attached hydrogens (primary N) is 1. The van der Waals surface area contributed by atoms with Crippen LogP contribution in [0, 0.1) is 5.92 Å². The summed E-state index contributed by atoms with van der Waals surface area (Å²) in [7, 11) is 2.15. The van der Waals surface area contributed by atoms with Crippen molar-refractivity contribution in [3.63, 3.8) is 0 Å². The van der Waals surface area contributed by atoms with Gasteiger partial charge in [-0.15, -0.1) is 11.3 Å². The molecule has 17 heavy (non-hydrogen) atoms. The highest BCUT2D eigenvalue weighted by Crippen LogP contribution is 2.24. The summed E-state index contributed by atoms with van der Waals surface area (Å²) in [6.07, 6.45) is 1.14. The van der Waals surface area contributed by atoms with Gasteiger partial charge in [0.15, 0.2) is 0 Å². The van der Waals surface area contributed by atoms with Crippen LogP contribution >= 0.6 is 27.3 Å². The first-order valence-electron chi connectivity index (χ1n) is 5.91. The molecule has 1 aliphatic heterocycles. The number of rotatable bonds is 5. The first-order valence-corrected chi connectivity index (χ1v) is 7.59. The van der Waals surface area contributed by atoms with Crippen LogP contribution in [0.4, 0.5) is 0 Å². The molecule has 0 saturated carbocycles. The Morgan fingerprint density at radius 3 is 3.06 bits per heavy atom. The molecule has 2 heterocycles. The van der Waals surface area contributed by atoms with Crippen molar-refractivity contribution in [1.29, 1.82) is 0 Å². The predicted molar refractivity (Wildman–Crippen MR) is 75.3 cm³/mol. The van der Waals surface area contributed by atoms with Crippen molar-refractivity contribution in [2.24, 2.45) is 11.7 Å². The summed E-state index contributed by atoms with van der Waals surface area (Å²) in [4.78, 5) is 2.36. The molecule has 3 nitrogen and oxygen atoms in total. The highest BCUT2D eigenvalue weighted by atomic mass is 79.9. The van der Waals surface area contributed by atoms with Crippen molar-refractivity contribution >= 4 is 27.3 Å². The van der Waals surface area contributed by atoms with Crippen molar-refractivity contribution in [2.75, 3.05) is 26.8 Å². The molecule has 0 bridgehead atoms. The van der Waals surface area contributed by atoms with E-state index >= 15 is 0 Å². The Hall–Kier alpha value is 0.0600. The first-order chi connectivity index (χ1) is 8.20. The van der Waals surface area contributed by atoms with Gasteiger partial charge in [-0.2, -0.15) is 0 Å². The molecule has 2 N–H and O–H groups in total. The maximum Gasteiger partial charge on any atom is 0.0701 e. The van der Waals surface area contributed by atoms with Crippen molar-refractivity contribution < 1.29 is 4.74 Å². The zero-order chi connectivity index (χ0) is 12.3. The van der Waals surface area contributed by atoms with E-state index in [4.69, 9.17) is 10.5 Å². The number of likely N-dealkylation sites (N-methyl/N-ethyl adjacent to an activating group) is 1. The van der Waals surface area contributed by atoms with E-state index in [0.717, 1.165) is 26.2 Å². The lowest BCUT2D eigenvalue weighted by Gasteiger charge is -2.30. The van der Waals surface area contributed by atoms with Gasteiger partial charge < -0.3 is 10.5 Å². The third-order valence-electron chi connectivity index (χ3n) is 3.37. The largest absolute Gasteiger partial charge is 0.381 e. The molecule has 2 rings (SSSR count). The second-order valence-corrected chi connectivity index (χ2v) is 6.89. The molecular formula is C12H19BrN2OS. The van der Waals surface area contributed by atoms with Crippen molar-refractivity contribution in [3.8, 4) is 0 Å². The van der Waals surface area contributed by atoms with Gasteiger partial charge in [-0.05, 0) is 46.4 Å². The molecule has 96 valence electrons. The van der Waals surface area contributed by atoms with Crippen molar-refractivity contribution in [1.82, 2.24) is 4.90 Å². The van der Waals surface area contributed by atoms with Gasteiger partial charge >= 0.3 is 0 Å². The topological polar surface area (TPSA) is 38.5 Å². The second kappa shape index (κ2) is 6.29. The number of nitrogens with zero attached hydrogens (tertiary/aromatic N) is 1. The van der Waals surface area contributed by atoms with Crippen LogP contribution in [0.3, 0.4) is 0 Å². The number of hydrogen-bond acceptors (Lipinski definition) is 4. The average molecular weight is 319 g/mol. The minimum Gasteiger partial charge on any atom is -0.381 e. The summed E-state index contributed by atoms with van der Waals surface area (Å²) in [5, 5.41) is 2.19. The molecule has 0 amide bonds. The number of hydrogen-bond donors (Lipinski definition) is 1. The van der Waals surface area contributed by atoms with Crippen LogP contribution in [0.5, 0.6) is 0 Å². The summed E-state index contributed by atoms with van der Waals surface area (Å²) in [6.45, 7) is 3.41. The normalized spacial score (nSPS) is 22.2. The Kier molecular flexibility index (Phi) is 4.99. The van der Waals surface area contributed by atoms with Gasteiger partial charge in [-0.25, -0.2) is 0 Å². The Labute approximate surface area is 115 Å². The number of thiophene rings is 1. The quantitative estimate of drug-likeness (QED) is 0.905. The van der Waals surface area contributed by atoms with Crippen LogP contribution in [-0.2, 0) is 11.3 Å². The lowest BCUT2D eigenvalue weighted by Crippen LogP contribution is -2.43. The highest BCUT2D eigenvalue weighted by Gasteiger charge is 2.27. The maximum atomic E-state index is 5.91. The number of ether oxygens (including phenoxy) is 1. The van der Waals surface area contributed by atoms with E-state index in [2.05, 4.69) is 39.3 Å².